The van der Waals surface area contributed by atoms with E-state index >= 15 is 0 Å². The van der Waals surface area contributed by atoms with Gasteiger partial charge in [0, 0.05) is 6.54 Å². The lowest BCUT2D eigenvalue weighted by Crippen LogP contribution is -2.67. The lowest BCUT2D eigenvalue weighted by atomic mass is 9.95. The van der Waals surface area contributed by atoms with Gasteiger partial charge < -0.3 is 10.2 Å². The molecule has 1 unspecified atom stereocenters. The number of carbonyl (C=O) groups excluding carboxylic acids is 2. The SMILES string of the molecule is CCC1C(=O)NC(C)(C)C(=O)N1Cc1ccccc1. The second-order valence-electron chi connectivity index (χ2n) is 5.46. The summed E-state index contributed by atoms with van der Waals surface area (Å²) in [5, 5.41) is 2.79. The molecule has 2 amide bonds. The van der Waals surface area contributed by atoms with E-state index in [9.17, 15) is 9.59 Å². The molecular formula is C15H20N2O2. The topological polar surface area (TPSA) is 49.4 Å². The van der Waals surface area contributed by atoms with Gasteiger partial charge >= 0.3 is 0 Å². The minimum Gasteiger partial charge on any atom is -0.340 e. The first-order valence-electron chi connectivity index (χ1n) is 6.62. The van der Waals surface area contributed by atoms with Crippen molar-refractivity contribution >= 4 is 11.8 Å². The van der Waals surface area contributed by atoms with Crippen LogP contribution in [-0.2, 0) is 16.1 Å². The number of amides is 2. The van der Waals surface area contributed by atoms with Gasteiger partial charge in [-0.2, -0.15) is 0 Å². The van der Waals surface area contributed by atoms with Crippen molar-refractivity contribution in [2.24, 2.45) is 0 Å². The van der Waals surface area contributed by atoms with E-state index in [0.29, 0.717) is 13.0 Å². The van der Waals surface area contributed by atoms with Crippen LogP contribution in [0.3, 0.4) is 0 Å². The highest BCUT2D eigenvalue weighted by Crippen LogP contribution is 2.22. The van der Waals surface area contributed by atoms with Crippen molar-refractivity contribution in [1.82, 2.24) is 10.2 Å². The maximum atomic E-state index is 12.5. The number of hydrogen-bond acceptors (Lipinski definition) is 2. The van der Waals surface area contributed by atoms with E-state index in [2.05, 4.69) is 5.32 Å². The van der Waals surface area contributed by atoms with Crippen LogP contribution in [0.1, 0.15) is 32.8 Å². The summed E-state index contributed by atoms with van der Waals surface area (Å²) in [7, 11) is 0. The van der Waals surface area contributed by atoms with Gasteiger partial charge in [0.15, 0.2) is 0 Å². The summed E-state index contributed by atoms with van der Waals surface area (Å²) in [6, 6.07) is 9.39. The maximum absolute atomic E-state index is 12.5. The Kier molecular flexibility index (Phi) is 3.60. The van der Waals surface area contributed by atoms with Gasteiger partial charge in [-0.05, 0) is 25.8 Å². The third kappa shape index (κ3) is 2.62. The van der Waals surface area contributed by atoms with Gasteiger partial charge in [0.05, 0.1) is 0 Å². The van der Waals surface area contributed by atoms with Gasteiger partial charge in [-0.15, -0.1) is 0 Å². The first kappa shape index (κ1) is 13.6. The standard InChI is InChI=1S/C15H20N2O2/c1-4-12-13(18)16-15(2,3)14(19)17(12)10-11-8-6-5-7-9-11/h5-9,12H,4,10H2,1-3H3,(H,16,18). The average Bonchev–Trinajstić information content (AvgIpc) is 2.37. The summed E-state index contributed by atoms with van der Waals surface area (Å²) in [5.41, 5.74) is 0.220. The smallest absolute Gasteiger partial charge is 0.248 e. The Bertz CT molecular complexity index is 482. The zero-order chi connectivity index (χ0) is 14.0. The van der Waals surface area contributed by atoms with Gasteiger partial charge in [0.2, 0.25) is 11.8 Å². The Hall–Kier alpha value is -1.84. The number of rotatable bonds is 3. The van der Waals surface area contributed by atoms with Gasteiger partial charge in [0.1, 0.15) is 11.6 Å². The molecule has 0 spiro atoms. The van der Waals surface area contributed by atoms with E-state index in [0.717, 1.165) is 5.56 Å². The number of benzene rings is 1. The maximum Gasteiger partial charge on any atom is 0.248 e. The molecule has 1 atom stereocenters. The summed E-state index contributed by atoms with van der Waals surface area (Å²) in [6.07, 6.45) is 0.625. The molecule has 1 aromatic carbocycles. The number of nitrogens with one attached hydrogen (secondary N) is 1. The Morgan fingerprint density at radius 3 is 2.42 bits per heavy atom. The van der Waals surface area contributed by atoms with Crippen molar-refractivity contribution in [1.29, 1.82) is 0 Å². The predicted octanol–water partition coefficient (Wildman–Crippen LogP) is 1.70. The molecule has 0 saturated carbocycles. The minimum absolute atomic E-state index is 0.0252. The molecule has 1 aliphatic rings. The van der Waals surface area contributed by atoms with E-state index in [1.165, 1.54) is 0 Å². The van der Waals surface area contributed by atoms with Crippen LogP contribution in [-0.4, -0.2) is 28.3 Å². The highest BCUT2D eigenvalue weighted by molar-refractivity contribution is 5.99. The lowest BCUT2D eigenvalue weighted by molar-refractivity contribution is -0.154. The zero-order valence-electron chi connectivity index (χ0n) is 11.6. The first-order valence-corrected chi connectivity index (χ1v) is 6.62. The highest BCUT2D eigenvalue weighted by Gasteiger charge is 2.44. The minimum atomic E-state index is -0.822. The molecule has 1 fully saturated rings. The normalized spacial score (nSPS) is 22.3. The van der Waals surface area contributed by atoms with E-state index < -0.39 is 5.54 Å². The summed E-state index contributed by atoms with van der Waals surface area (Å²) in [4.78, 5) is 26.2. The van der Waals surface area contributed by atoms with Crippen molar-refractivity contribution in [2.45, 2.75) is 45.3 Å². The van der Waals surface area contributed by atoms with Crippen LogP contribution in [0.5, 0.6) is 0 Å². The molecule has 4 heteroatoms. The average molecular weight is 260 g/mol. The summed E-state index contributed by atoms with van der Waals surface area (Å²) >= 11 is 0. The third-order valence-corrected chi connectivity index (χ3v) is 3.49. The Balaban J connectivity index is 2.28. The lowest BCUT2D eigenvalue weighted by Gasteiger charge is -2.42. The molecule has 1 saturated heterocycles. The highest BCUT2D eigenvalue weighted by atomic mass is 16.2. The molecule has 1 aromatic rings. The molecule has 0 aromatic heterocycles. The number of nitrogens with zero attached hydrogens (tertiary/aromatic N) is 1. The molecular weight excluding hydrogens is 240 g/mol. The van der Waals surface area contributed by atoms with Gasteiger partial charge in [-0.1, -0.05) is 37.3 Å². The zero-order valence-corrected chi connectivity index (χ0v) is 11.6. The van der Waals surface area contributed by atoms with E-state index in [1.807, 2.05) is 37.3 Å². The molecule has 102 valence electrons. The molecule has 1 N–H and O–H groups in total. The fourth-order valence-corrected chi connectivity index (χ4v) is 2.45. The van der Waals surface area contributed by atoms with E-state index in [1.54, 1.807) is 18.7 Å². The van der Waals surface area contributed by atoms with Crippen molar-refractivity contribution in [3.63, 3.8) is 0 Å². The monoisotopic (exact) mass is 260 g/mol. The molecule has 4 nitrogen and oxygen atoms in total. The Labute approximate surface area is 113 Å². The van der Waals surface area contributed by atoms with Crippen LogP contribution < -0.4 is 5.32 Å². The molecule has 0 aliphatic carbocycles. The molecule has 2 rings (SSSR count). The Morgan fingerprint density at radius 2 is 1.84 bits per heavy atom. The van der Waals surface area contributed by atoms with Crippen molar-refractivity contribution in [2.75, 3.05) is 0 Å². The fourth-order valence-electron chi connectivity index (χ4n) is 2.45. The first-order chi connectivity index (χ1) is 8.95. The molecule has 0 bridgehead atoms. The van der Waals surface area contributed by atoms with E-state index in [-0.39, 0.29) is 17.9 Å². The number of hydrogen-bond donors (Lipinski definition) is 1. The van der Waals surface area contributed by atoms with Crippen molar-refractivity contribution in [3.8, 4) is 0 Å². The summed E-state index contributed by atoms with van der Waals surface area (Å²) in [5.74, 6) is -0.0918. The molecule has 1 heterocycles. The number of piperazine rings is 1. The van der Waals surface area contributed by atoms with Crippen molar-refractivity contribution in [3.05, 3.63) is 35.9 Å². The summed E-state index contributed by atoms with van der Waals surface area (Å²) < 4.78 is 0. The van der Waals surface area contributed by atoms with Crippen LogP contribution in [0.4, 0.5) is 0 Å². The van der Waals surface area contributed by atoms with Crippen LogP contribution in [0.15, 0.2) is 30.3 Å². The molecule has 0 radical (unpaired) electrons. The summed E-state index contributed by atoms with van der Waals surface area (Å²) in [6.45, 7) is 5.90. The fraction of sp³-hybridized carbons (Fsp3) is 0.467. The largest absolute Gasteiger partial charge is 0.340 e. The van der Waals surface area contributed by atoms with Crippen LogP contribution >= 0.6 is 0 Å². The van der Waals surface area contributed by atoms with Gasteiger partial charge in [0.25, 0.3) is 0 Å². The van der Waals surface area contributed by atoms with Crippen LogP contribution in [0.25, 0.3) is 0 Å². The van der Waals surface area contributed by atoms with Gasteiger partial charge in [-0.25, -0.2) is 0 Å². The quantitative estimate of drug-likeness (QED) is 0.899. The van der Waals surface area contributed by atoms with Crippen LogP contribution in [0.2, 0.25) is 0 Å². The van der Waals surface area contributed by atoms with Crippen molar-refractivity contribution < 1.29 is 9.59 Å². The van der Waals surface area contributed by atoms with Crippen LogP contribution in [0, 0.1) is 0 Å². The Morgan fingerprint density at radius 1 is 1.21 bits per heavy atom. The number of carbonyl (C=O) groups is 2. The molecule has 19 heavy (non-hydrogen) atoms. The predicted molar refractivity (Wildman–Crippen MR) is 73.3 cm³/mol. The molecule has 1 aliphatic heterocycles. The third-order valence-electron chi connectivity index (χ3n) is 3.49. The van der Waals surface area contributed by atoms with Gasteiger partial charge in [-0.3, -0.25) is 9.59 Å². The second-order valence-corrected chi connectivity index (χ2v) is 5.46. The van der Waals surface area contributed by atoms with E-state index in [4.69, 9.17) is 0 Å². The second kappa shape index (κ2) is 5.03.